The number of hydrogen-bond acceptors (Lipinski definition) is 3. The molecule has 1 aromatic carbocycles. The van der Waals surface area contributed by atoms with E-state index in [1.54, 1.807) is 7.11 Å². The third kappa shape index (κ3) is 7.70. The first kappa shape index (κ1) is 23.0. The van der Waals surface area contributed by atoms with Gasteiger partial charge in [0.1, 0.15) is 5.75 Å². The van der Waals surface area contributed by atoms with Gasteiger partial charge < -0.3 is 20.3 Å². The van der Waals surface area contributed by atoms with Crippen molar-refractivity contribution < 1.29 is 4.74 Å². The van der Waals surface area contributed by atoms with Gasteiger partial charge >= 0.3 is 0 Å². The summed E-state index contributed by atoms with van der Waals surface area (Å²) >= 11 is 0. The Balaban J connectivity index is 0.00000529. The van der Waals surface area contributed by atoms with Gasteiger partial charge in [0.05, 0.1) is 13.7 Å². The number of guanidine groups is 1. The standard InChI is InChI=1S/C18H32N4O.HI/c1-7-19-17(21-14-18(2,3)22(4)5)20-13-12-15-10-8-9-11-16(15)23-6;/h8-11H,7,12-14H2,1-6H3,(H2,19,20,21);1H. The van der Waals surface area contributed by atoms with Gasteiger partial charge in [0.2, 0.25) is 0 Å². The Hall–Kier alpha value is -1.02. The number of ether oxygens (including phenoxy) is 1. The Morgan fingerprint density at radius 1 is 1.21 bits per heavy atom. The zero-order valence-electron chi connectivity index (χ0n) is 15.8. The minimum Gasteiger partial charge on any atom is -0.496 e. The van der Waals surface area contributed by atoms with E-state index in [-0.39, 0.29) is 29.5 Å². The van der Waals surface area contributed by atoms with E-state index in [0.29, 0.717) is 0 Å². The maximum atomic E-state index is 5.39. The first-order chi connectivity index (χ1) is 10.9. The Bertz CT molecular complexity index is 504. The first-order valence-electron chi connectivity index (χ1n) is 8.22. The van der Waals surface area contributed by atoms with Gasteiger partial charge in [-0.3, -0.25) is 4.99 Å². The molecular weight excluding hydrogens is 415 g/mol. The molecule has 0 aromatic heterocycles. The normalized spacial score (nSPS) is 11.9. The average molecular weight is 448 g/mol. The fourth-order valence-electron chi connectivity index (χ4n) is 1.98. The third-order valence-electron chi connectivity index (χ3n) is 4.06. The molecule has 0 saturated carbocycles. The quantitative estimate of drug-likeness (QED) is 0.365. The summed E-state index contributed by atoms with van der Waals surface area (Å²) in [5.41, 5.74) is 1.23. The van der Waals surface area contributed by atoms with Gasteiger partial charge in [-0.05, 0) is 52.9 Å². The Morgan fingerprint density at radius 2 is 1.88 bits per heavy atom. The number of benzene rings is 1. The number of nitrogens with one attached hydrogen (secondary N) is 2. The summed E-state index contributed by atoms with van der Waals surface area (Å²) in [6, 6.07) is 8.12. The van der Waals surface area contributed by atoms with E-state index >= 15 is 0 Å². The number of halogens is 1. The highest BCUT2D eigenvalue weighted by Gasteiger charge is 2.19. The van der Waals surface area contributed by atoms with E-state index in [4.69, 9.17) is 9.73 Å². The van der Waals surface area contributed by atoms with Crippen LogP contribution in [0.15, 0.2) is 29.3 Å². The monoisotopic (exact) mass is 448 g/mol. The second-order valence-electron chi connectivity index (χ2n) is 6.39. The topological polar surface area (TPSA) is 48.9 Å². The van der Waals surface area contributed by atoms with Crippen LogP contribution >= 0.6 is 24.0 Å². The lowest BCUT2D eigenvalue weighted by Crippen LogP contribution is -2.44. The highest BCUT2D eigenvalue weighted by atomic mass is 127. The van der Waals surface area contributed by atoms with Crippen molar-refractivity contribution in [3.05, 3.63) is 29.8 Å². The van der Waals surface area contributed by atoms with Crippen LogP contribution in [0.5, 0.6) is 5.75 Å². The molecular formula is C18H33IN4O. The summed E-state index contributed by atoms with van der Waals surface area (Å²) in [4.78, 5) is 6.89. The summed E-state index contributed by atoms with van der Waals surface area (Å²) in [6.45, 7) is 8.86. The summed E-state index contributed by atoms with van der Waals surface area (Å²) in [5.74, 6) is 1.79. The van der Waals surface area contributed by atoms with Gasteiger partial charge in [0, 0.05) is 18.6 Å². The number of nitrogens with zero attached hydrogens (tertiary/aromatic N) is 2. The largest absolute Gasteiger partial charge is 0.496 e. The van der Waals surface area contributed by atoms with Crippen LogP contribution < -0.4 is 15.4 Å². The molecule has 0 fully saturated rings. The summed E-state index contributed by atoms with van der Waals surface area (Å²) < 4.78 is 5.39. The molecule has 0 amide bonds. The van der Waals surface area contributed by atoms with Gasteiger partial charge in [0.15, 0.2) is 5.96 Å². The lowest BCUT2D eigenvalue weighted by molar-refractivity contribution is 0.204. The lowest BCUT2D eigenvalue weighted by Gasteiger charge is -2.31. The second-order valence-corrected chi connectivity index (χ2v) is 6.39. The molecule has 138 valence electrons. The van der Waals surface area contributed by atoms with Crippen LogP contribution in [0, 0.1) is 0 Å². The molecule has 2 N–H and O–H groups in total. The third-order valence-corrected chi connectivity index (χ3v) is 4.06. The predicted octanol–water partition coefficient (Wildman–Crippen LogP) is 2.75. The maximum absolute atomic E-state index is 5.39. The molecule has 1 aromatic rings. The van der Waals surface area contributed by atoms with E-state index in [1.165, 1.54) is 5.56 Å². The lowest BCUT2D eigenvalue weighted by atomic mass is 10.1. The molecule has 0 radical (unpaired) electrons. The predicted molar refractivity (Wildman–Crippen MR) is 114 cm³/mol. The maximum Gasteiger partial charge on any atom is 0.191 e. The van der Waals surface area contributed by atoms with Crippen molar-refractivity contribution in [1.29, 1.82) is 0 Å². The zero-order chi connectivity index (χ0) is 17.3. The van der Waals surface area contributed by atoms with Crippen molar-refractivity contribution in [3.63, 3.8) is 0 Å². The molecule has 1 rings (SSSR count). The van der Waals surface area contributed by atoms with Crippen molar-refractivity contribution in [2.24, 2.45) is 4.99 Å². The number of hydrogen-bond donors (Lipinski definition) is 2. The minimum atomic E-state index is 0. The molecule has 0 saturated heterocycles. The van der Waals surface area contributed by atoms with Gasteiger partial charge in [-0.15, -0.1) is 24.0 Å². The fourth-order valence-corrected chi connectivity index (χ4v) is 1.98. The van der Waals surface area contributed by atoms with Crippen molar-refractivity contribution >= 4 is 29.9 Å². The van der Waals surface area contributed by atoms with Crippen molar-refractivity contribution in [2.45, 2.75) is 32.7 Å². The molecule has 0 aliphatic heterocycles. The Labute approximate surface area is 164 Å². The highest BCUT2D eigenvalue weighted by molar-refractivity contribution is 14.0. The molecule has 24 heavy (non-hydrogen) atoms. The fraction of sp³-hybridized carbons (Fsp3) is 0.611. The summed E-state index contributed by atoms with van der Waals surface area (Å²) in [7, 11) is 5.87. The molecule has 6 heteroatoms. The van der Waals surface area contributed by atoms with Crippen LogP contribution in [0.4, 0.5) is 0 Å². The second kappa shape index (κ2) is 11.5. The summed E-state index contributed by atoms with van der Waals surface area (Å²) in [5, 5.41) is 6.69. The molecule has 0 unspecified atom stereocenters. The average Bonchev–Trinajstić information content (AvgIpc) is 2.53. The number of methoxy groups -OCH3 is 1. The van der Waals surface area contributed by atoms with E-state index in [1.807, 2.05) is 18.2 Å². The van der Waals surface area contributed by atoms with Crippen molar-refractivity contribution in [1.82, 2.24) is 15.5 Å². The molecule has 0 heterocycles. The van der Waals surface area contributed by atoms with Gasteiger partial charge in [-0.1, -0.05) is 18.2 Å². The van der Waals surface area contributed by atoms with Crippen LogP contribution in [0.1, 0.15) is 26.3 Å². The van der Waals surface area contributed by atoms with E-state index in [0.717, 1.165) is 37.8 Å². The SMILES string of the molecule is CCNC(=NCC(C)(C)N(C)C)NCCc1ccccc1OC.I. The Kier molecular flexibility index (Phi) is 11.0. The van der Waals surface area contributed by atoms with Crippen LogP contribution in [0.2, 0.25) is 0 Å². The molecule has 0 bridgehead atoms. The molecule has 0 aliphatic carbocycles. The number of aliphatic imine (C=N–C) groups is 1. The smallest absolute Gasteiger partial charge is 0.191 e. The molecule has 5 nitrogen and oxygen atoms in total. The van der Waals surface area contributed by atoms with Gasteiger partial charge in [-0.25, -0.2) is 0 Å². The number of rotatable bonds is 8. The van der Waals surface area contributed by atoms with Crippen LogP contribution in [-0.2, 0) is 6.42 Å². The van der Waals surface area contributed by atoms with Crippen LogP contribution in [0.25, 0.3) is 0 Å². The van der Waals surface area contributed by atoms with E-state index < -0.39 is 0 Å². The van der Waals surface area contributed by atoms with Crippen LogP contribution in [-0.4, -0.2) is 57.2 Å². The zero-order valence-corrected chi connectivity index (χ0v) is 18.2. The highest BCUT2D eigenvalue weighted by Crippen LogP contribution is 2.17. The molecule has 0 atom stereocenters. The first-order valence-corrected chi connectivity index (χ1v) is 8.22. The van der Waals surface area contributed by atoms with Crippen molar-refractivity contribution in [3.8, 4) is 5.75 Å². The van der Waals surface area contributed by atoms with Crippen LogP contribution in [0.3, 0.4) is 0 Å². The number of likely N-dealkylation sites (N-methyl/N-ethyl adjacent to an activating group) is 1. The van der Waals surface area contributed by atoms with E-state index in [9.17, 15) is 0 Å². The minimum absolute atomic E-state index is 0. The van der Waals surface area contributed by atoms with Crippen molar-refractivity contribution in [2.75, 3.05) is 40.8 Å². The van der Waals surface area contributed by atoms with Gasteiger partial charge in [-0.2, -0.15) is 0 Å². The summed E-state index contributed by atoms with van der Waals surface area (Å²) in [6.07, 6.45) is 0.894. The number of para-hydroxylation sites is 1. The van der Waals surface area contributed by atoms with E-state index in [2.05, 4.69) is 56.5 Å². The van der Waals surface area contributed by atoms with Gasteiger partial charge in [0.25, 0.3) is 0 Å². The Morgan fingerprint density at radius 3 is 2.46 bits per heavy atom. The molecule has 0 aliphatic rings. The molecule has 0 spiro atoms.